The lowest BCUT2D eigenvalue weighted by atomic mass is 9.96. The van der Waals surface area contributed by atoms with E-state index < -0.39 is 18.0 Å². The van der Waals surface area contributed by atoms with E-state index in [0.717, 1.165) is 19.3 Å². The highest BCUT2D eigenvalue weighted by Gasteiger charge is 2.27. The fraction of sp³-hybridized carbons (Fsp3) is 0.786. The summed E-state index contributed by atoms with van der Waals surface area (Å²) < 4.78 is 4.48. The number of nitrogens with zero attached hydrogens (tertiary/aromatic N) is 1. The zero-order valence-corrected chi connectivity index (χ0v) is 12.6. The van der Waals surface area contributed by atoms with Crippen LogP contribution in [0, 0.1) is 5.92 Å². The van der Waals surface area contributed by atoms with Gasteiger partial charge in [0.25, 0.3) is 0 Å². The van der Waals surface area contributed by atoms with Crippen LogP contribution in [-0.4, -0.2) is 54.2 Å². The summed E-state index contributed by atoms with van der Waals surface area (Å²) in [5.41, 5.74) is 0. The average Bonchev–Trinajstić information content (AvgIpc) is 2.50. The number of urea groups is 1. The number of aliphatic carboxylic acids is 1. The number of nitrogens with one attached hydrogen (secondary N) is 1. The first-order valence-electron chi connectivity index (χ1n) is 7.33. The highest BCUT2D eigenvalue weighted by molar-refractivity contribution is 5.83. The second-order valence-corrected chi connectivity index (χ2v) is 5.32. The molecule has 2 atom stereocenters. The number of esters is 1. The maximum Gasteiger partial charge on any atom is 0.326 e. The Kier molecular flexibility index (Phi) is 6.98. The molecule has 1 unspecified atom stereocenters. The maximum absolute atomic E-state index is 12.1. The monoisotopic (exact) mass is 300 g/mol. The van der Waals surface area contributed by atoms with Gasteiger partial charge in [-0.3, -0.25) is 4.79 Å². The molecule has 0 aromatic heterocycles. The summed E-state index contributed by atoms with van der Waals surface area (Å²) in [5.74, 6) is -1.15. The van der Waals surface area contributed by atoms with Crippen LogP contribution in [0.4, 0.5) is 4.79 Å². The molecular weight excluding hydrogens is 276 g/mol. The molecule has 0 spiro atoms. The fourth-order valence-corrected chi connectivity index (χ4v) is 2.44. The minimum absolute atomic E-state index is 0.0266. The highest BCUT2D eigenvalue weighted by atomic mass is 16.5. The van der Waals surface area contributed by atoms with Gasteiger partial charge < -0.3 is 20.1 Å². The van der Waals surface area contributed by atoms with Gasteiger partial charge in [-0.05, 0) is 25.2 Å². The standard InChI is InChI=1S/C14H24N2O5/c1-3-10-5-4-8-16(9-10)14(20)15-11(13(18)19)6-7-12(17)21-2/h10-11H,3-9H2,1-2H3,(H,15,20)(H,18,19)/t10?,11-/m1/s1. The Hall–Kier alpha value is -1.79. The van der Waals surface area contributed by atoms with E-state index >= 15 is 0 Å². The van der Waals surface area contributed by atoms with Crippen molar-refractivity contribution >= 4 is 18.0 Å². The van der Waals surface area contributed by atoms with Crippen molar-refractivity contribution in [3.05, 3.63) is 0 Å². The lowest BCUT2D eigenvalue weighted by Gasteiger charge is -2.33. The number of hydrogen-bond donors (Lipinski definition) is 2. The van der Waals surface area contributed by atoms with E-state index in [2.05, 4.69) is 17.0 Å². The molecular formula is C14H24N2O5. The predicted octanol–water partition coefficient (Wildman–Crippen LogP) is 1.22. The summed E-state index contributed by atoms with van der Waals surface area (Å²) in [5, 5.41) is 11.6. The van der Waals surface area contributed by atoms with Gasteiger partial charge >= 0.3 is 18.0 Å². The van der Waals surface area contributed by atoms with Gasteiger partial charge in [0.1, 0.15) is 6.04 Å². The van der Waals surface area contributed by atoms with E-state index in [-0.39, 0.29) is 18.9 Å². The van der Waals surface area contributed by atoms with Gasteiger partial charge in [0.05, 0.1) is 7.11 Å². The fourth-order valence-electron chi connectivity index (χ4n) is 2.44. The summed E-state index contributed by atoms with van der Waals surface area (Å²) in [6.07, 6.45) is 3.04. The van der Waals surface area contributed by atoms with E-state index in [1.807, 2.05) is 0 Å². The van der Waals surface area contributed by atoms with E-state index in [0.29, 0.717) is 19.0 Å². The molecule has 1 rings (SSSR count). The number of likely N-dealkylation sites (tertiary alicyclic amines) is 1. The van der Waals surface area contributed by atoms with Crippen LogP contribution < -0.4 is 5.32 Å². The third-order valence-electron chi connectivity index (χ3n) is 3.84. The third kappa shape index (κ3) is 5.61. The van der Waals surface area contributed by atoms with Gasteiger partial charge in [-0.2, -0.15) is 0 Å². The number of amides is 2. The Morgan fingerprint density at radius 2 is 2.14 bits per heavy atom. The van der Waals surface area contributed by atoms with Crippen LogP contribution >= 0.6 is 0 Å². The summed E-state index contributed by atoms with van der Waals surface area (Å²) in [4.78, 5) is 36.0. The Morgan fingerprint density at radius 1 is 1.43 bits per heavy atom. The van der Waals surface area contributed by atoms with Crippen LogP contribution in [0.5, 0.6) is 0 Å². The minimum atomic E-state index is -1.14. The zero-order chi connectivity index (χ0) is 15.8. The molecule has 1 aliphatic rings. The molecule has 1 fully saturated rings. The van der Waals surface area contributed by atoms with Crippen molar-refractivity contribution in [3.63, 3.8) is 0 Å². The first-order chi connectivity index (χ1) is 9.97. The molecule has 0 aliphatic carbocycles. The van der Waals surface area contributed by atoms with E-state index in [4.69, 9.17) is 5.11 Å². The summed E-state index contributed by atoms with van der Waals surface area (Å²) >= 11 is 0. The average molecular weight is 300 g/mol. The molecule has 1 heterocycles. The topological polar surface area (TPSA) is 95.9 Å². The molecule has 1 aliphatic heterocycles. The van der Waals surface area contributed by atoms with Crippen molar-refractivity contribution in [2.45, 2.75) is 45.1 Å². The van der Waals surface area contributed by atoms with Crippen molar-refractivity contribution in [2.24, 2.45) is 5.92 Å². The molecule has 120 valence electrons. The second kappa shape index (κ2) is 8.49. The number of hydrogen-bond acceptors (Lipinski definition) is 4. The number of piperidine rings is 1. The third-order valence-corrected chi connectivity index (χ3v) is 3.84. The lowest BCUT2D eigenvalue weighted by molar-refractivity contribution is -0.142. The van der Waals surface area contributed by atoms with Crippen molar-refractivity contribution in [1.29, 1.82) is 0 Å². The van der Waals surface area contributed by atoms with E-state index in [9.17, 15) is 14.4 Å². The number of ether oxygens (including phenoxy) is 1. The molecule has 0 saturated carbocycles. The number of carbonyl (C=O) groups excluding carboxylic acids is 2. The Labute approximate surface area is 124 Å². The van der Waals surface area contributed by atoms with Crippen LogP contribution in [0.1, 0.15) is 39.0 Å². The first-order valence-corrected chi connectivity index (χ1v) is 7.33. The number of rotatable bonds is 6. The Balaban J connectivity index is 2.51. The minimum Gasteiger partial charge on any atom is -0.480 e. The molecule has 7 nitrogen and oxygen atoms in total. The van der Waals surface area contributed by atoms with Gasteiger partial charge in [0.2, 0.25) is 0 Å². The maximum atomic E-state index is 12.1. The van der Waals surface area contributed by atoms with Crippen LogP contribution in [-0.2, 0) is 14.3 Å². The summed E-state index contributed by atoms with van der Waals surface area (Å²) in [6, 6.07) is -1.44. The lowest BCUT2D eigenvalue weighted by Crippen LogP contribution is -2.50. The van der Waals surface area contributed by atoms with Gasteiger partial charge in [0, 0.05) is 19.5 Å². The Morgan fingerprint density at radius 3 is 2.71 bits per heavy atom. The van der Waals surface area contributed by atoms with Crippen LogP contribution in [0.3, 0.4) is 0 Å². The number of carboxylic acid groups (broad SMARTS) is 1. The second-order valence-electron chi connectivity index (χ2n) is 5.32. The highest BCUT2D eigenvalue weighted by Crippen LogP contribution is 2.19. The first kappa shape index (κ1) is 17.3. The molecule has 0 radical (unpaired) electrons. The van der Waals surface area contributed by atoms with E-state index in [1.54, 1.807) is 4.90 Å². The molecule has 2 amide bonds. The van der Waals surface area contributed by atoms with Gasteiger partial charge in [0.15, 0.2) is 0 Å². The van der Waals surface area contributed by atoms with E-state index in [1.165, 1.54) is 7.11 Å². The summed E-state index contributed by atoms with van der Waals surface area (Å²) in [7, 11) is 1.25. The van der Waals surface area contributed by atoms with Crippen molar-refractivity contribution in [3.8, 4) is 0 Å². The van der Waals surface area contributed by atoms with Gasteiger partial charge in [-0.15, -0.1) is 0 Å². The number of methoxy groups -OCH3 is 1. The van der Waals surface area contributed by atoms with Crippen LogP contribution in [0.25, 0.3) is 0 Å². The van der Waals surface area contributed by atoms with Gasteiger partial charge in [-0.25, -0.2) is 9.59 Å². The van der Waals surface area contributed by atoms with Crippen molar-refractivity contribution in [1.82, 2.24) is 10.2 Å². The number of carboxylic acids is 1. The zero-order valence-electron chi connectivity index (χ0n) is 12.6. The quantitative estimate of drug-likeness (QED) is 0.719. The van der Waals surface area contributed by atoms with Crippen molar-refractivity contribution in [2.75, 3.05) is 20.2 Å². The predicted molar refractivity (Wildman–Crippen MR) is 75.8 cm³/mol. The smallest absolute Gasteiger partial charge is 0.326 e. The number of carbonyl (C=O) groups is 3. The van der Waals surface area contributed by atoms with Gasteiger partial charge in [-0.1, -0.05) is 13.3 Å². The van der Waals surface area contributed by atoms with Crippen molar-refractivity contribution < 1.29 is 24.2 Å². The molecule has 0 aromatic rings. The molecule has 7 heteroatoms. The molecule has 0 bridgehead atoms. The van der Waals surface area contributed by atoms with Crippen LogP contribution in [0.15, 0.2) is 0 Å². The molecule has 21 heavy (non-hydrogen) atoms. The molecule has 1 saturated heterocycles. The summed E-state index contributed by atoms with van der Waals surface area (Å²) in [6.45, 7) is 3.39. The molecule has 0 aromatic carbocycles. The van der Waals surface area contributed by atoms with Crippen LogP contribution in [0.2, 0.25) is 0 Å². The normalized spacial score (nSPS) is 19.7. The largest absolute Gasteiger partial charge is 0.480 e. The Bertz CT molecular complexity index is 386. The SMILES string of the molecule is CCC1CCCN(C(=O)N[C@H](CCC(=O)OC)C(=O)O)C1. The molecule has 2 N–H and O–H groups in total.